The second-order valence-corrected chi connectivity index (χ2v) is 6.48. The van der Waals surface area contributed by atoms with E-state index in [-0.39, 0.29) is 16.5 Å². The number of nitrogens with one attached hydrogen (secondary N) is 1. The van der Waals surface area contributed by atoms with E-state index in [4.69, 9.17) is 0 Å². The number of aryl methyl sites for hydroxylation is 1. The molecule has 4 nitrogen and oxygen atoms in total. The maximum atomic E-state index is 12.5. The van der Waals surface area contributed by atoms with E-state index < -0.39 is 6.61 Å². The zero-order valence-electron chi connectivity index (χ0n) is 12.2. The Bertz CT molecular complexity index is 485. The van der Waals surface area contributed by atoms with E-state index in [1.165, 1.54) is 17.4 Å². The van der Waals surface area contributed by atoms with Crippen molar-refractivity contribution in [3.05, 3.63) is 15.8 Å². The van der Waals surface area contributed by atoms with Gasteiger partial charge < -0.3 is 15.0 Å². The van der Waals surface area contributed by atoms with Gasteiger partial charge in [-0.1, -0.05) is 0 Å². The van der Waals surface area contributed by atoms with Crippen molar-refractivity contribution >= 4 is 17.2 Å². The standard InChI is InChI=1S/C14H20F2N2O2S/c1-9-7-11(20-14(15)16)12(21-9)13(19)18-5-3-10(4-6-18)8-17-2/h7,10,14,17H,3-6,8H2,1-2H3. The zero-order valence-corrected chi connectivity index (χ0v) is 13.0. The number of hydrogen-bond acceptors (Lipinski definition) is 4. The van der Waals surface area contributed by atoms with E-state index in [1.54, 1.807) is 11.8 Å². The number of rotatable bonds is 5. The van der Waals surface area contributed by atoms with Crippen molar-refractivity contribution in [3.8, 4) is 5.75 Å². The molecule has 2 rings (SSSR count). The van der Waals surface area contributed by atoms with Gasteiger partial charge in [0.15, 0.2) is 0 Å². The number of hydrogen-bond donors (Lipinski definition) is 1. The maximum absolute atomic E-state index is 12.5. The molecule has 0 atom stereocenters. The minimum atomic E-state index is -2.91. The van der Waals surface area contributed by atoms with E-state index in [0.29, 0.717) is 19.0 Å². The molecular formula is C14H20F2N2O2S. The first-order valence-electron chi connectivity index (χ1n) is 7.00. The summed E-state index contributed by atoms with van der Waals surface area (Å²) in [6, 6.07) is 1.50. The third-order valence-electron chi connectivity index (χ3n) is 3.63. The predicted molar refractivity (Wildman–Crippen MR) is 78.2 cm³/mol. The second kappa shape index (κ2) is 7.17. The van der Waals surface area contributed by atoms with Gasteiger partial charge in [0, 0.05) is 18.0 Å². The summed E-state index contributed by atoms with van der Waals surface area (Å²) >= 11 is 1.21. The molecule has 1 aromatic heterocycles. The van der Waals surface area contributed by atoms with Crippen LogP contribution in [0.3, 0.4) is 0 Å². The molecule has 1 amide bonds. The van der Waals surface area contributed by atoms with E-state index >= 15 is 0 Å². The molecule has 21 heavy (non-hydrogen) atoms. The molecule has 2 heterocycles. The first kappa shape index (κ1) is 16.2. The average molecular weight is 318 g/mol. The number of ether oxygens (including phenoxy) is 1. The van der Waals surface area contributed by atoms with Gasteiger partial charge in [-0.15, -0.1) is 11.3 Å². The van der Waals surface area contributed by atoms with Crippen LogP contribution in [0.5, 0.6) is 5.75 Å². The van der Waals surface area contributed by atoms with Gasteiger partial charge in [0.1, 0.15) is 10.6 Å². The third kappa shape index (κ3) is 4.14. The number of alkyl halides is 2. The number of thiophene rings is 1. The second-order valence-electron chi connectivity index (χ2n) is 5.22. The molecule has 1 saturated heterocycles. The van der Waals surface area contributed by atoms with Crippen molar-refractivity contribution < 1.29 is 18.3 Å². The van der Waals surface area contributed by atoms with Gasteiger partial charge in [-0.25, -0.2) is 0 Å². The lowest BCUT2D eigenvalue weighted by atomic mass is 9.97. The monoisotopic (exact) mass is 318 g/mol. The number of nitrogens with zero attached hydrogens (tertiary/aromatic N) is 1. The molecule has 0 saturated carbocycles. The van der Waals surface area contributed by atoms with Crippen LogP contribution >= 0.6 is 11.3 Å². The van der Waals surface area contributed by atoms with Gasteiger partial charge in [-0.3, -0.25) is 4.79 Å². The molecule has 0 bridgehead atoms. The average Bonchev–Trinajstić information content (AvgIpc) is 2.79. The van der Waals surface area contributed by atoms with E-state index in [2.05, 4.69) is 10.1 Å². The predicted octanol–water partition coefficient (Wildman–Crippen LogP) is 2.73. The van der Waals surface area contributed by atoms with E-state index in [9.17, 15) is 13.6 Å². The van der Waals surface area contributed by atoms with Gasteiger partial charge >= 0.3 is 6.61 Å². The Labute approximate surface area is 127 Å². The van der Waals surface area contributed by atoms with Crippen LogP contribution < -0.4 is 10.1 Å². The lowest BCUT2D eigenvalue weighted by molar-refractivity contribution is -0.0499. The molecule has 1 N–H and O–H groups in total. The summed E-state index contributed by atoms with van der Waals surface area (Å²) in [6.07, 6.45) is 1.87. The van der Waals surface area contributed by atoms with Crippen molar-refractivity contribution in [1.29, 1.82) is 0 Å². The lowest BCUT2D eigenvalue weighted by Gasteiger charge is -2.31. The van der Waals surface area contributed by atoms with E-state index in [1.807, 2.05) is 7.05 Å². The minimum Gasteiger partial charge on any atom is -0.433 e. The van der Waals surface area contributed by atoms with Gasteiger partial charge in [-0.2, -0.15) is 8.78 Å². The fraction of sp³-hybridized carbons (Fsp3) is 0.643. The van der Waals surface area contributed by atoms with E-state index in [0.717, 1.165) is 24.3 Å². The third-order valence-corrected chi connectivity index (χ3v) is 4.65. The Kier molecular flexibility index (Phi) is 5.52. The molecule has 118 valence electrons. The van der Waals surface area contributed by atoms with Crippen LogP contribution in [0.1, 0.15) is 27.4 Å². The maximum Gasteiger partial charge on any atom is 0.387 e. The van der Waals surface area contributed by atoms with Crippen LogP contribution in [0.15, 0.2) is 6.07 Å². The normalized spacial score (nSPS) is 16.5. The highest BCUT2D eigenvalue weighted by Gasteiger charge is 2.27. The first-order chi connectivity index (χ1) is 10.0. The molecule has 0 aliphatic carbocycles. The highest BCUT2D eigenvalue weighted by molar-refractivity contribution is 7.14. The van der Waals surface area contributed by atoms with Gasteiger partial charge in [-0.05, 0) is 45.3 Å². The summed E-state index contributed by atoms with van der Waals surface area (Å²) in [6.45, 7) is 1.14. The molecule has 1 fully saturated rings. The van der Waals surface area contributed by atoms with Crippen LogP contribution in [-0.2, 0) is 0 Å². The lowest BCUT2D eigenvalue weighted by Crippen LogP contribution is -2.40. The summed E-state index contributed by atoms with van der Waals surface area (Å²) in [7, 11) is 1.92. The first-order valence-corrected chi connectivity index (χ1v) is 7.82. The highest BCUT2D eigenvalue weighted by Crippen LogP contribution is 2.32. The molecule has 1 aliphatic rings. The Balaban J connectivity index is 2.04. The number of carbonyl (C=O) groups excluding carboxylic acids is 1. The summed E-state index contributed by atoms with van der Waals surface area (Å²) in [5.41, 5.74) is 0. The van der Waals surface area contributed by atoms with Crippen molar-refractivity contribution in [2.45, 2.75) is 26.4 Å². The molecule has 7 heteroatoms. The molecule has 0 spiro atoms. The van der Waals surface area contributed by atoms with Crippen molar-refractivity contribution in [1.82, 2.24) is 10.2 Å². The molecule has 1 aliphatic heterocycles. The molecule has 0 unspecified atom stereocenters. The Morgan fingerprint density at radius 3 is 2.76 bits per heavy atom. The summed E-state index contributed by atoms with van der Waals surface area (Å²) < 4.78 is 29.3. The SMILES string of the molecule is CNCC1CCN(C(=O)c2sc(C)cc2OC(F)F)CC1. The summed E-state index contributed by atoms with van der Waals surface area (Å²) in [4.78, 5) is 15.3. The number of amides is 1. The fourth-order valence-electron chi connectivity index (χ4n) is 2.60. The summed E-state index contributed by atoms with van der Waals surface area (Å²) in [5, 5.41) is 3.14. The number of likely N-dealkylation sites (tertiary alicyclic amines) is 1. The highest BCUT2D eigenvalue weighted by atomic mass is 32.1. The number of carbonyl (C=O) groups is 1. The van der Waals surface area contributed by atoms with Crippen molar-refractivity contribution in [2.75, 3.05) is 26.7 Å². The quantitative estimate of drug-likeness (QED) is 0.907. The van der Waals surface area contributed by atoms with Gasteiger partial charge in [0.2, 0.25) is 0 Å². The summed E-state index contributed by atoms with van der Waals surface area (Å²) in [5.74, 6) is 0.363. The van der Waals surface area contributed by atoms with Crippen LogP contribution in [0.4, 0.5) is 8.78 Å². The Morgan fingerprint density at radius 1 is 1.52 bits per heavy atom. The van der Waals surface area contributed by atoms with Crippen LogP contribution in [0.25, 0.3) is 0 Å². The Morgan fingerprint density at radius 2 is 2.19 bits per heavy atom. The fourth-order valence-corrected chi connectivity index (χ4v) is 3.51. The largest absolute Gasteiger partial charge is 0.433 e. The Hall–Kier alpha value is -1.21. The molecular weight excluding hydrogens is 298 g/mol. The van der Waals surface area contributed by atoms with Gasteiger partial charge in [0.25, 0.3) is 5.91 Å². The van der Waals surface area contributed by atoms with Crippen LogP contribution in [0, 0.1) is 12.8 Å². The van der Waals surface area contributed by atoms with Crippen LogP contribution in [-0.4, -0.2) is 44.1 Å². The number of halogens is 2. The smallest absolute Gasteiger partial charge is 0.387 e. The van der Waals surface area contributed by atoms with Crippen LogP contribution in [0.2, 0.25) is 0 Å². The number of piperidine rings is 1. The molecule has 0 aromatic carbocycles. The molecule has 0 radical (unpaired) electrons. The van der Waals surface area contributed by atoms with Crippen molar-refractivity contribution in [3.63, 3.8) is 0 Å². The van der Waals surface area contributed by atoms with Crippen molar-refractivity contribution in [2.24, 2.45) is 5.92 Å². The van der Waals surface area contributed by atoms with Gasteiger partial charge in [0.05, 0.1) is 0 Å². The minimum absolute atomic E-state index is 0.00477. The topological polar surface area (TPSA) is 41.6 Å². The molecule has 1 aromatic rings. The zero-order chi connectivity index (χ0) is 15.4.